The lowest BCUT2D eigenvalue weighted by molar-refractivity contribution is -0.173. The van der Waals surface area contributed by atoms with Crippen LogP contribution in [0, 0.1) is 11.3 Å². The fourth-order valence-electron chi connectivity index (χ4n) is 2.84. The molecule has 19 heavy (non-hydrogen) atoms. The summed E-state index contributed by atoms with van der Waals surface area (Å²) in [6.07, 6.45) is 3.41. The van der Waals surface area contributed by atoms with Gasteiger partial charge in [0, 0.05) is 6.61 Å². The summed E-state index contributed by atoms with van der Waals surface area (Å²) < 4.78 is 9.84. The van der Waals surface area contributed by atoms with Gasteiger partial charge in [-0.15, -0.1) is 0 Å². The SMILES string of the molecule is COC(=O)C(CCOCCO)(C(=O)O)C1CCCC1. The molecule has 0 amide bonds. The summed E-state index contributed by atoms with van der Waals surface area (Å²) in [6.45, 7) is 0.141. The van der Waals surface area contributed by atoms with Crippen LogP contribution in [0.25, 0.3) is 0 Å². The van der Waals surface area contributed by atoms with E-state index < -0.39 is 17.4 Å². The summed E-state index contributed by atoms with van der Waals surface area (Å²) in [6, 6.07) is 0. The first-order valence-corrected chi connectivity index (χ1v) is 6.60. The Kier molecular flexibility index (Phi) is 6.24. The van der Waals surface area contributed by atoms with Gasteiger partial charge in [0.25, 0.3) is 0 Å². The Balaban J connectivity index is 2.84. The van der Waals surface area contributed by atoms with Crippen LogP contribution in [-0.4, -0.2) is 49.1 Å². The van der Waals surface area contributed by atoms with E-state index in [4.69, 9.17) is 14.6 Å². The van der Waals surface area contributed by atoms with Gasteiger partial charge in [0.05, 0.1) is 20.3 Å². The highest BCUT2D eigenvalue weighted by Crippen LogP contribution is 2.43. The quantitative estimate of drug-likeness (QED) is 0.387. The van der Waals surface area contributed by atoms with Gasteiger partial charge >= 0.3 is 11.9 Å². The van der Waals surface area contributed by atoms with Crippen molar-refractivity contribution >= 4 is 11.9 Å². The molecule has 0 saturated heterocycles. The maximum atomic E-state index is 12.0. The molecule has 1 atom stereocenters. The van der Waals surface area contributed by atoms with E-state index in [0.717, 1.165) is 25.7 Å². The number of aliphatic carboxylic acids is 1. The maximum Gasteiger partial charge on any atom is 0.323 e. The first-order chi connectivity index (χ1) is 9.09. The van der Waals surface area contributed by atoms with E-state index in [0.29, 0.717) is 0 Å². The Morgan fingerprint density at radius 1 is 1.26 bits per heavy atom. The fraction of sp³-hybridized carbons (Fsp3) is 0.846. The second-order valence-corrected chi connectivity index (χ2v) is 4.84. The number of ether oxygens (including phenoxy) is 2. The third kappa shape index (κ3) is 3.45. The van der Waals surface area contributed by atoms with Gasteiger partial charge in [0.2, 0.25) is 0 Å². The molecule has 0 aromatic heterocycles. The number of carbonyl (C=O) groups is 2. The number of esters is 1. The molecule has 0 aromatic rings. The van der Waals surface area contributed by atoms with Crippen molar-refractivity contribution in [2.75, 3.05) is 26.9 Å². The number of rotatable bonds is 8. The van der Waals surface area contributed by atoms with Crippen LogP contribution in [0.15, 0.2) is 0 Å². The molecule has 1 aliphatic rings. The molecular formula is C13H22O6. The topological polar surface area (TPSA) is 93.1 Å². The maximum absolute atomic E-state index is 12.0. The zero-order valence-electron chi connectivity index (χ0n) is 11.3. The van der Waals surface area contributed by atoms with Crippen LogP contribution < -0.4 is 0 Å². The number of aliphatic hydroxyl groups is 1. The second kappa shape index (κ2) is 7.45. The summed E-state index contributed by atoms with van der Waals surface area (Å²) in [5.74, 6) is -2.03. The molecule has 0 aliphatic heterocycles. The second-order valence-electron chi connectivity index (χ2n) is 4.84. The summed E-state index contributed by atoms with van der Waals surface area (Å²) in [7, 11) is 1.21. The first kappa shape index (κ1) is 15.9. The van der Waals surface area contributed by atoms with Crippen molar-refractivity contribution in [2.24, 2.45) is 11.3 Å². The average Bonchev–Trinajstić information content (AvgIpc) is 2.92. The lowest BCUT2D eigenvalue weighted by atomic mass is 9.72. The van der Waals surface area contributed by atoms with E-state index in [1.807, 2.05) is 0 Å². The molecule has 1 fully saturated rings. The summed E-state index contributed by atoms with van der Waals surface area (Å²) >= 11 is 0. The predicted octanol–water partition coefficient (Wildman–Crippen LogP) is 0.820. The van der Waals surface area contributed by atoms with Gasteiger partial charge in [-0.25, -0.2) is 0 Å². The van der Waals surface area contributed by atoms with Crippen LogP contribution in [0.4, 0.5) is 0 Å². The number of hydrogen-bond donors (Lipinski definition) is 2. The van der Waals surface area contributed by atoms with E-state index in [1.54, 1.807) is 0 Å². The smallest absolute Gasteiger partial charge is 0.323 e. The minimum Gasteiger partial charge on any atom is -0.480 e. The molecule has 0 bridgehead atoms. The molecule has 1 rings (SSSR count). The third-order valence-corrected chi connectivity index (χ3v) is 3.86. The highest BCUT2D eigenvalue weighted by molar-refractivity contribution is 5.99. The number of carboxylic acids is 1. The zero-order chi connectivity index (χ0) is 14.3. The largest absolute Gasteiger partial charge is 0.480 e. The van der Waals surface area contributed by atoms with E-state index in [2.05, 4.69) is 0 Å². The van der Waals surface area contributed by atoms with Crippen molar-refractivity contribution < 1.29 is 29.3 Å². The molecule has 0 aromatic carbocycles. The summed E-state index contributed by atoms with van der Waals surface area (Å²) in [4.78, 5) is 23.7. The molecule has 110 valence electrons. The number of carbonyl (C=O) groups excluding carboxylic acids is 1. The molecule has 1 unspecified atom stereocenters. The summed E-state index contributed by atoms with van der Waals surface area (Å²) in [5, 5.41) is 18.2. The number of aliphatic hydroxyl groups excluding tert-OH is 1. The van der Waals surface area contributed by atoms with E-state index in [9.17, 15) is 14.7 Å². The van der Waals surface area contributed by atoms with Crippen molar-refractivity contribution in [3.63, 3.8) is 0 Å². The standard InChI is InChI=1S/C13H22O6/c1-18-12(17)13(11(15)16,6-8-19-9-7-14)10-4-2-3-5-10/h10,14H,2-9H2,1H3,(H,15,16). The van der Waals surface area contributed by atoms with E-state index >= 15 is 0 Å². The van der Waals surface area contributed by atoms with Crippen molar-refractivity contribution in [2.45, 2.75) is 32.1 Å². The number of carboxylic acid groups (broad SMARTS) is 1. The van der Waals surface area contributed by atoms with E-state index in [-0.39, 0.29) is 32.2 Å². The van der Waals surface area contributed by atoms with Crippen LogP contribution in [0.3, 0.4) is 0 Å². The Labute approximate surface area is 112 Å². The molecule has 6 nitrogen and oxygen atoms in total. The van der Waals surface area contributed by atoms with Crippen molar-refractivity contribution in [1.29, 1.82) is 0 Å². The highest BCUT2D eigenvalue weighted by Gasteiger charge is 2.53. The fourth-order valence-corrected chi connectivity index (χ4v) is 2.84. The minimum atomic E-state index is -1.51. The molecule has 0 heterocycles. The molecule has 1 aliphatic carbocycles. The lowest BCUT2D eigenvalue weighted by Crippen LogP contribution is -2.46. The van der Waals surface area contributed by atoms with Gasteiger partial charge in [-0.1, -0.05) is 12.8 Å². The highest BCUT2D eigenvalue weighted by atomic mass is 16.5. The van der Waals surface area contributed by atoms with Gasteiger partial charge in [-0.05, 0) is 25.2 Å². The average molecular weight is 274 g/mol. The normalized spacial score (nSPS) is 19.1. The first-order valence-electron chi connectivity index (χ1n) is 6.60. The Hall–Kier alpha value is -1.14. The van der Waals surface area contributed by atoms with Crippen molar-refractivity contribution in [1.82, 2.24) is 0 Å². The summed E-state index contributed by atoms with van der Waals surface area (Å²) in [5.41, 5.74) is -1.51. The molecule has 2 N–H and O–H groups in total. The van der Waals surface area contributed by atoms with Gasteiger partial charge in [-0.2, -0.15) is 0 Å². The van der Waals surface area contributed by atoms with Crippen LogP contribution in [0.2, 0.25) is 0 Å². The van der Waals surface area contributed by atoms with Gasteiger partial charge in [0.1, 0.15) is 0 Å². The van der Waals surface area contributed by atoms with Crippen molar-refractivity contribution in [3.8, 4) is 0 Å². The monoisotopic (exact) mass is 274 g/mol. The Bertz CT molecular complexity index is 310. The van der Waals surface area contributed by atoms with Crippen LogP contribution in [0.5, 0.6) is 0 Å². The molecule has 6 heteroatoms. The third-order valence-electron chi connectivity index (χ3n) is 3.86. The van der Waals surface area contributed by atoms with Gasteiger partial charge in [0.15, 0.2) is 5.41 Å². The van der Waals surface area contributed by atoms with Crippen molar-refractivity contribution in [3.05, 3.63) is 0 Å². The van der Waals surface area contributed by atoms with Gasteiger partial charge < -0.3 is 19.7 Å². The van der Waals surface area contributed by atoms with Gasteiger partial charge in [-0.3, -0.25) is 9.59 Å². The number of methoxy groups -OCH3 is 1. The molecular weight excluding hydrogens is 252 g/mol. The zero-order valence-corrected chi connectivity index (χ0v) is 11.3. The van der Waals surface area contributed by atoms with Crippen LogP contribution in [-0.2, 0) is 19.1 Å². The number of hydrogen-bond acceptors (Lipinski definition) is 5. The predicted molar refractivity (Wildman–Crippen MR) is 66.6 cm³/mol. The lowest BCUT2D eigenvalue weighted by Gasteiger charge is -2.32. The molecule has 0 radical (unpaired) electrons. The molecule has 0 spiro atoms. The van der Waals surface area contributed by atoms with Crippen LogP contribution in [0.1, 0.15) is 32.1 Å². The van der Waals surface area contributed by atoms with Crippen LogP contribution >= 0.6 is 0 Å². The Morgan fingerprint density at radius 2 is 1.89 bits per heavy atom. The van der Waals surface area contributed by atoms with E-state index in [1.165, 1.54) is 7.11 Å². The Morgan fingerprint density at radius 3 is 2.37 bits per heavy atom. The molecule has 1 saturated carbocycles. The minimum absolute atomic E-state index is 0.0830.